The fourth-order valence-corrected chi connectivity index (χ4v) is 1.62. The third-order valence-corrected chi connectivity index (χ3v) is 2.55. The van der Waals surface area contributed by atoms with Crippen LogP contribution >= 0.6 is 0 Å². The minimum Gasteiger partial charge on any atom is -0.392 e. The van der Waals surface area contributed by atoms with Gasteiger partial charge in [-0.3, -0.25) is 10.1 Å². The Morgan fingerprint density at radius 1 is 1.35 bits per heavy atom. The van der Waals surface area contributed by atoms with Crippen molar-refractivity contribution in [1.82, 2.24) is 9.78 Å². The number of halogens is 3. The Morgan fingerprint density at radius 2 is 2.05 bits per heavy atom. The lowest BCUT2D eigenvalue weighted by Gasteiger charge is -2.05. The normalized spacial score (nSPS) is 11.6. The molecule has 2 rings (SSSR count). The van der Waals surface area contributed by atoms with Crippen molar-refractivity contribution in [3.05, 3.63) is 51.8 Å². The maximum Gasteiger partial charge on any atom is 0.435 e. The number of alkyl halides is 3. The maximum absolute atomic E-state index is 12.5. The van der Waals surface area contributed by atoms with Crippen LogP contribution in [-0.2, 0) is 12.8 Å². The molecule has 9 heteroatoms. The maximum atomic E-state index is 12.5. The van der Waals surface area contributed by atoms with Crippen LogP contribution < -0.4 is 0 Å². The van der Waals surface area contributed by atoms with Gasteiger partial charge in [0.15, 0.2) is 5.69 Å². The van der Waals surface area contributed by atoms with E-state index in [1.54, 1.807) is 0 Å². The first-order chi connectivity index (χ1) is 9.32. The van der Waals surface area contributed by atoms with Crippen molar-refractivity contribution < 1.29 is 23.2 Å². The molecule has 1 heterocycles. The lowest BCUT2D eigenvalue weighted by Crippen LogP contribution is -2.08. The van der Waals surface area contributed by atoms with Gasteiger partial charge < -0.3 is 5.11 Å². The highest BCUT2D eigenvalue weighted by atomic mass is 19.4. The quantitative estimate of drug-likeness (QED) is 0.693. The molecule has 0 aliphatic rings. The van der Waals surface area contributed by atoms with Gasteiger partial charge in [-0.2, -0.15) is 18.3 Å². The zero-order valence-corrected chi connectivity index (χ0v) is 9.83. The minimum atomic E-state index is -4.62. The first kappa shape index (κ1) is 14.0. The predicted molar refractivity (Wildman–Crippen MR) is 61.1 cm³/mol. The van der Waals surface area contributed by atoms with E-state index in [4.69, 9.17) is 5.11 Å². The lowest BCUT2D eigenvalue weighted by molar-refractivity contribution is -0.384. The first-order valence-corrected chi connectivity index (χ1v) is 5.34. The van der Waals surface area contributed by atoms with Crippen LogP contribution in [0.5, 0.6) is 0 Å². The SMILES string of the molecule is O=[N+]([O-])c1cc(CO)ccc1-n1ccc(C(F)(F)F)n1. The molecule has 20 heavy (non-hydrogen) atoms. The lowest BCUT2D eigenvalue weighted by atomic mass is 10.2. The number of nitro benzene ring substituents is 1. The van der Waals surface area contributed by atoms with E-state index in [1.165, 1.54) is 12.1 Å². The number of aromatic nitrogens is 2. The average Bonchev–Trinajstić information content (AvgIpc) is 2.87. The molecule has 0 bridgehead atoms. The summed E-state index contributed by atoms with van der Waals surface area (Å²) >= 11 is 0. The van der Waals surface area contributed by atoms with Gasteiger partial charge in [0.05, 0.1) is 11.5 Å². The van der Waals surface area contributed by atoms with Crippen molar-refractivity contribution in [2.45, 2.75) is 12.8 Å². The summed E-state index contributed by atoms with van der Waals surface area (Å²) in [4.78, 5) is 10.2. The topological polar surface area (TPSA) is 81.2 Å². The van der Waals surface area contributed by atoms with E-state index in [0.29, 0.717) is 0 Å². The summed E-state index contributed by atoms with van der Waals surface area (Å²) in [6.45, 7) is -0.409. The van der Waals surface area contributed by atoms with E-state index < -0.39 is 29.1 Å². The van der Waals surface area contributed by atoms with Gasteiger partial charge in [0, 0.05) is 12.3 Å². The second kappa shape index (κ2) is 4.93. The Balaban J connectivity index is 2.52. The molecular weight excluding hydrogens is 279 g/mol. The highest BCUT2D eigenvalue weighted by Crippen LogP contribution is 2.29. The molecule has 106 valence electrons. The molecule has 0 aliphatic heterocycles. The Morgan fingerprint density at radius 3 is 2.55 bits per heavy atom. The van der Waals surface area contributed by atoms with Crippen molar-refractivity contribution in [1.29, 1.82) is 0 Å². The Bertz CT molecular complexity index is 652. The van der Waals surface area contributed by atoms with E-state index in [9.17, 15) is 23.3 Å². The molecule has 0 spiro atoms. The van der Waals surface area contributed by atoms with Gasteiger partial charge in [-0.15, -0.1) is 0 Å². The summed E-state index contributed by atoms with van der Waals surface area (Å²) < 4.78 is 38.1. The molecule has 0 fully saturated rings. The number of rotatable bonds is 3. The van der Waals surface area contributed by atoms with Gasteiger partial charge >= 0.3 is 6.18 Å². The molecule has 0 atom stereocenters. The summed E-state index contributed by atoms with van der Waals surface area (Å²) in [5.74, 6) is 0. The highest BCUT2D eigenvalue weighted by molar-refractivity contribution is 5.53. The summed E-state index contributed by atoms with van der Waals surface area (Å²) in [5.41, 5.74) is -1.40. The number of hydrogen-bond donors (Lipinski definition) is 1. The first-order valence-electron chi connectivity index (χ1n) is 5.34. The third-order valence-electron chi connectivity index (χ3n) is 2.55. The average molecular weight is 287 g/mol. The van der Waals surface area contributed by atoms with Crippen LogP contribution in [-0.4, -0.2) is 19.8 Å². The van der Waals surface area contributed by atoms with Crippen LogP contribution in [0.4, 0.5) is 18.9 Å². The third kappa shape index (κ3) is 2.62. The van der Waals surface area contributed by atoms with Crippen molar-refractivity contribution in [3.63, 3.8) is 0 Å². The fourth-order valence-electron chi connectivity index (χ4n) is 1.62. The van der Waals surface area contributed by atoms with Gasteiger partial charge in [0.25, 0.3) is 5.69 Å². The molecule has 0 saturated carbocycles. The number of benzene rings is 1. The second-order valence-corrected chi connectivity index (χ2v) is 3.88. The Hall–Kier alpha value is -2.42. The van der Waals surface area contributed by atoms with Gasteiger partial charge in [-0.1, -0.05) is 6.07 Å². The molecule has 1 aromatic carbocycles. The molecule has 0 amide bonds. The number of hydrogen-bond acceptors (Lipinski definition) is 4. The molecule has 2 aromatic rings. The van der Waals surface area contributed by atoms with E-state index >= 15 is 0 Å². The molecule has 0 unspecified atom stereocenters. The largest absolute Gasteiger partial charge is 0.435 e. The molecule has 0 radical (unpaired) electrons. The van der Waals surface area contributed by atoms with Crippen molar-refractivity contribution in [2.24, 2.45) is 0 Å². The minimum absolute atomic E-state index is 0.109. The van der Waals surface area contributed by atoms with Crippen LogP contribution in [0, 0.1) is 10.1 Å². The number of nitro groups is 1. The molecule has 6 nitrogen and oxygen atoms in total. The molecular formula is C11H8F3N3O3. The standard InChI is InChI=1S/C11H8F3N3O3/c12-11(13,14)10-3-4-16(15-10)8-2-1-7(6-18)5-9(8)17(19)20/h1-5,18H,6H2. The number of aliphatic hydroxyl groups excluding tert-OH is 1. The van der Waals surface area contributed by atoms with E-state index in [-0.39, 0.29) is 11.3 Å². The van der Waals surface area contributed by atoms with Crippen LogP contribution in [0.2, 0.25) is 0 Å². The van der Waals surface area contributed by atoms with Crippen molar-refractivity contribution in [3.8, 4) is 5.69 Å². The van der Waals surface area contributed by atoms with Gasteiger partial charge in [0.1, 0.15) is 5.69 Å². The summed E-state index contributed by atoms with van der Waals surface area (Å²) in [6.07, 6.45) is -3.63. The Labute approximate surface area is 110 Å². The molecule has 0 aliphatic carbocycles. The van der Waals surface area contributed by atoms with Crippen molar-refractivity contribution >= 4 is 5.69 Å². The fraction of sp³-hybridized carbons (Fsp3) is 0.182. The zero-order valence-electron chi connectivity index (χ0n) is 9.83. The van der Waals surface area contributed by atoms with E-state index in [0.717, 1.165) is 23.0 Å². The van der Waals surface area contributed by atoms with E-state index in [2.05, 4.69) is 5.10 Å². The van der Waals surface area contributed by atoms with Crippen LogP contribution in [0.15, 0.2) is 30.5 Å². The summed E-state index contributed by atoms with van der Waals surface area (Å²) in [5, 5.41) is 23.1. The van der Waals surface area contributed by atoms with Gasteiger partial charge in [-0.25, -0.2) is 4.68 Å². The van der Waals surface area contributed by atoms with Crippen LogP contribution in [0.1, 0.15) is 11.3 Å². The number of aliphatic hydroxyl groups is 1. The molecule has 0 saturated heterocycles. The second-order valence-electron chi connectivity index (χ2n) is 3.88. The predicted octanol–water partition coefficient (Wildman–Crippen LogP) is 2.29. The highest BCUT2D eigenvalue weighted by Gasteiger charge is 2.34. The van der Waals surface area contributed by atoms with E-state index in [1.807, 2.05) is 0 Å². The van der Waals surface area contributed by atoms with Crippen LogP contribution in [0.3, 0.4) is 0 Å². The molecule has 1 N–H and O–H groups in total. The van der Waals surface area contributed by atoms with Gasteiger partial charge in [-0.05, 0) is 17.7 Å². The Kier molecular flexibility index (Phi) is 3.45. The van der Waals surface area contributed by atoms with Crippen molar-refractivity contribution in [2.75, 3.05) is 0 Å². The summed E-state index contributed by atoms with van der Waals surface area (Å²) in [6, 6.07) is 4.42. The summed E-state index contributed by atoms with van der Waals surface area (Å²) in [7, 11) is 0. The van der Waals surface area contributed by atoms with Crippen LogP contribution in [0.25, 0.3) is 5.69 Å². The molecule has 1 aromatic heterocycles. The monoisotopic (exact) mass is 287 g/mol. The number of nitrogens with zero attached hydrogens (tertiary/aromatic N) is 3. The smallest absolute Gasteiger partial charge is 0.392 e. The van der Waals surface area contributed by atoms with Gasteiger partial charge in [0.2, 0.25) is 0 Å². The zero-order chi connectivity index (χ0) is 14.9.